The van der Waals surface area contributed by atoms with Gasteiger partial charge in [0.05, 0.1) is 18.1 Å². The Morgan fingerprint density at radius 2 is 1.94 bits per heavy atom. The van der Waals surface area contributed by atoms with Crippen molar-refractivity contribution < 1.29 is 18.7 Å². The number of nitrogens with zero attached hydrogens (tertiary/aromatic N) is 2. The molecule has 0 aliphatic carbocycles. The van der Waals surface area contributed by atoms with Gasteiger partial charge in [-0.3, -0.25) is 4.79 Å². The summed E-state index contributed by atoms with van der Waals surface area (Å²) in [6.07, 6.45) is 0.371. The fourth-order valence-electron chi connectivity index (χ4n) is 4.19. The minimum absolute atomic E-state index is 0.268. The zero-order chi connectivity index (χ0) is 23.1. The van der Waals surface area contributed by atoms with E-state index >= 15 is 0 Å². The number of methoxy groups -OCH3 is 1. The largest absolute Gasteiger partial charge is 0.467 e. The van der Waals surface area contributed by atoms with Crippen LogP contribution in [0.15, 0.2) is 65.1 Å². The first-order valence-corrected chi connectivity index (χ1v) is 11.1. The van der Waals surface area contributed by atoms with Gasteiger partial charge in [-0.1, -0.05) is 28.1 Å². The number of carbonyl (C=O) groups is 2. The van der Waals surface area contributed by atoms with Gasteiger partial charge in [0.15, 0.2) is 0 Å². The summed E-state index contributed by atoms with van der Waals surface area (Å²) in [5, 5.41) is 0. The van der Waals surface area contributed by atoms with E-state index in [1.165, 1.54) is 19.2 Å². The molecule has 1 aromatic heterocycles. The number of carbonyl (C=O) groups excluding carboxylic acids is 2. The number of amides is 1. The highest BCUT2D eigenvalue weighted by Gasteiger charge is 2.36. The molecule has 166 valence electrons. The van der Waals surface area contributed by atoms with E-state index in [1.54, 1.807) is 35.2 Å². The summed E-state index contributed by atoms with van der Waals surface area (Å²) < 4.78 is 19.2. The number of halogens is 2. The van der Waals surface area contributed by atoms with Crippen molar-refractivity contribution in [2.45, 2.75) is 19.0 Å². The zero-order valence-electron chi connectivity index (χ0n) is 17.6. The maximum Gasteiger partial charge on any atom is 0.328 e. The number of hydrogen-bond acceptors (Lipinski definition) is 4. The highest BCUT2D eigenvalue weighted by atomic mass is 79.9. The van der Waals surface area contributed by atoms with Crippen molar-refractivity contribution in [3.05, 3.63) is 87.6 Å². The number of esters is 1. The lowest BCUT2D eigenvalue weighted by molar-refractivity contribution is -0.146. The summed E-state index contributed by atoms with van der Waals surface area (Å²) in [7, 11) is 1.33. The molecule has 0 radical (unpaired) electrons. The fourth-order valence-corrected chi connectivity index (χ4v) is 4.76. The standard InChI is InChI=1S/C25H19BrFN3O3/c1-33-25(32)22-12-18-16(3-2-4-19(18)26)13-30(22)24(31)15-7-10-20-21(11-15)29-23(28-20)14-5-8-17(27)9-6-14/h2-11,22H,12-13H2,1H3,(H,28,29). The van der Waals surface area contributed by atoms with E-state index in [0.717, 1.165) is 21.2 Å². The third-order valence-electron chi connectivity index (χ3n) is 5.91. The third kappa shape index (κ3) is 3.91. The Hall–Kier alpha value is -3.52. The summed E-state index contributed by atoms with van der Waals surface area (Å²) >= 11 is 3.55. The van der Waals surface area contributed by atoms with Crippen molar-refractivity contribution in [3.63, 3.8) is 0 Å². The Morgan fingerprint density at radius 1 is 1.15 bits per heavy atom. The van der Waals surface area contributed by atoms with Crippen molar-refractivity contribution in [3.8, 4) is 11.4 Å². The van der Waals surface area contributed by atoms with Gasteiger partial charge in [0.1, 0.15) is 17.7 Å². The second kappa shape index (κ2) is 8.44. The van der Waals surface area contributed by atoms with Gasteiger partial charge in [-0.25, -0.2) is 14.2 Å². The number of nitrogens with one attached hydrogen (secondary N) is 1. The quantitative estimate of drug-likeness (QED) is 0.401. The molecule has 6 nitrogen and oxygen atoms in total. The molecule has 0 saturated heterocycles. The van der Waals surface area contributed by atoms with Crippen LogP contribution in [0.5, 0.6) is 0 Å². The lowest BCUT2D eigenvalue weighted by atomic mass is 9.93. The van der Waals surface area contributed by atoms with Crippen molar-refractivity contribution in [2.24, 2.45) is 0 Å². The molecule has 1 unspecified atom stereocenters. The smallest absolute Gasteiger partial charge is 0.328 e. The first-order chi connectivity index (χ1) is 15.9. The lowest BCUT2D eigenvalue weighted by Crippen LogP contribution is -2.49. The molecule has 1 aliphatic rings. The van der Waals surface area contributed by atoms with Gasteiger partial charge in [-0.05, 0) is 59.7 Å². The van der Waals surface area contributed by atoms with Crippen LogP contribution < -0.4 is 0 Å². The maximum absolute atomic E-state index is 13.5. The molecule has 0 fully saturated rings. The van der Waals surface area contributed by atoms with Gasteiger partial charge >= 0.3 is 5.97 Å². The van der Waals surface area contributed by atoms with Crippen LogP contribution >= 0.6 is 15.9 Å². The van der Waals surface area contributed by atoms with E-state index in [2.05, 4.69) is 25.9 Å². The minimum atomic E-state index is -0.721. The zero-order valence-corrected chi connectivity index (χ0v) is 19.2. The summed E-state index contributed by atoms with van der Waals surface area (Å²) in [4.78, 5) is 35.4. The van der Waals surface area contributed by atoms with E-state index in [9.17, 15) is 14.0 Å². The van der Waals surface area contributed by atoms with E-state index in [0.29, 0.717) is 35.4 Å². The first-order valence-electron chi connectivity index (χ1n) is 10.4. The van der Waals surface area contributed by atoms with Crippen LogP contribution in [0.4, 0.5) is 4.39 Å². The average Bonchev–Trinajstić information content (AvgIpc) is 3.26. The van der Waals surface area contributed by atoms with E-state index in [-0.39, 0.29) is 11.7 Å². The first kappa shape index (κ1) is 21.3. The Bertz CT molecular complexity index is 1380. The van der Waals surface area contributed by atoms with Gasteiger partial charge in [0.2, 0.25) is 0 Å². The predicted molar refractivity (Wildman–Crippen MR) is 125 cm³/mol. The van der Waals surface area contributed by atoms with Crippen LogP contribution in [0, 0.1) is 5.82 Å². The van der Waals surface area contributed by atoms with Crippen LogP contribution in [0.2, 0.25) is 0 Å². The van der Waals surface area contributed by atoms with Gasteiger partial charge in [-0.15, -0.1) is 0 Å². The van der Waals surface area contributed by atoms with Crippen LogP contribution in [0.3, 0.4) is 0 Å². The topological polar surface area (TPSA) is 75.3 Å². The molecule has 5 rings (SSSR count). The van der Waals surface area contributed by atoms with Crippen LogP contribution in [0.1, 0.15) is 21.5 Å². The average molecular weight is 508 g/mol. The number of aromatic nitrogens is 2. The van der Waals surface area contributed by atoms with Gasteiger partial charge in [-0.2, -0.15) is 0 Å². The summed E-state index contributed by atoms with van der Waals surface area (Å²) in [6, 6.07) is 16.3. The highest BCUT2D eigenvalue weighted by molar-refractivity contribution is 9.10. The van der Waals surface area contributed by atoms with Gasteiger partial charge in [0, 0.05) is 28.6 Å². The molecule has 0 spiro atoms. The monoisotopic (exact) mass is 507 g/mol. The Morgan fingerprint density at radius 3 is 2.70 bits per heavy atom. The Labute approximate surface area is 197 Å². The third-order valence-corrected chi connectivity index (χ3v) is 6.65. The van der Waals surface area contributed by atoms with Crippen molar-refractivity contribution in [1.82, 2.24) is 14.9 Å². The van der Waals surface area contributed by atoms with Crippen molar-refractivity contribution >= 4 is 38.8 Å². The number of fused-ring (bicyclic) bond motifs is 2. The van der Waals surface area contributed by atoms with E-state index in [1.807, 2.05) is 18.2 Å². The molecule has 33 heavy (non-hydrogen) atoms. The van der Waals surface area contributed by atoms with Crippen molar-refractivity contribution in [2.75, 3.05) is 7.11 Å². The number of imidazole rings is 1. The Balaban J connectivity index is 1.50. The van der Waals surface area contributed by atoms with Crippen LogP contribution in [-0.4, -0.2) is 39.9 Å². The normalized spacial score (nSPS) is 15.4. The number of H-pyrrole nitrogens is 1. The molecule has 1 atom stereocenters. The number of hydrogen-bond donors (Lipinski definition) is 1. The molecule has 8 heteroatoms. The molecular weight excluding hydrogens is 489 g/mol. The molecule has 1 aliphatic heterocycles. The molecule has 1 N–H and O–H groups in total. The lowest BCUT2D eigenvalue weighted by Gasteiger charge is -2.35. The van der Waals surface area contributed by atoms with Gasteiger partial charge < -0.3 is 14.6 Å². The molecule has 1 amide bonds. The number of ether oxygens (including phenoxy) is 1. The second-order valence-electron chi connectivity index (χ2n) is 7.88. The highest BCUT2D eigenvalue weighted by Crippen LogP contribution is 2.31. The molecule has 0 bridgehead atoms. The molecule has 3 aromatic carbocycles. The summed E-state index contributed by atoms with van der Waals surface area (Å²) in [6.45, 7) is 0.301. The number of aromatic amines is 1. The fraction of sp³-hybridized carbons (Fsp3) is 0.160. The number of benzene rings is 3. The van der Waals surface area contributed by atoms with Crippen LogP contribution in [-0.2, 0) is 22.5 Å². The molecule has 2 heterocycles. The Kier molecular flexibility index (Phi) is 5.46. The summed E-state index contributed by atoms with van der Waals surface area (Å²) in [5.41, 5.74) is 4.52. The minimum Gasteiger partial charge on any atom is -0.467 e. The van der Waals surface area contributed by atoms with Crippen molar-refractivity contribution in [1.29, 1.82) is 0 Å². The van der Waals surface area contributed by atoms with E-state index < -0.39 is 12.0 Å². The second-order valence-corrected chi connectivity index (χ2v) is 8.73. The van der Waals surface area contributed by atoms with Gasteiger partial charge in [0.25, 0.3) is 5.91 Å². The summed E-state index contributed by atoms with van der Waals surface area (Å²) in [5.74, 6) is -0.460. The number of rotatable bonds is 3. The SMILES string of the molecule is COC(=O)C1Cc2c(Br)cccc2CN1C(=O)c1ccc2nc(-c3ccc(F)cc3)[nH]c2c1. The van der Waals surface area contributed by atoms with E-state index in [4.69, 9.17) is 4.74 Å². The van der Waals surface area contributed by atoms with Crippen LogP contribution in [0.25, 0.3) is 22.4 Å². The molecule has 4 aromatic rings. The molecule has 0 saturated carbocycles. The predicted octanol–water partition coefficient (Wildman–Crippen LogP) is 4.87. The maximum atomic E-state index is 13.5. The molecular formula is C25H19BrFN3O3.